The molecule has 0 unspecified atom stereocenters. The lowest BCUT2D eigenvalue weighted by Crippen LogP contribution is -2.46. The normalized spacial score (nSPS) is 19.3. The monoisotopic (exact) mass is 245 g/mol. The van der Waals surface area contributed by atoms with Crippen LogP contribution in [0.3, 0.4) is 0 Å². The van der Waals surface area contributed by atoms with Crippen molar-refractivity contribution in [1.29, 1.82) is 0 Å². The molecule has 7 heteroatoms. The van der Waals surface area contributed by atoms with Crippen molar-refractivity contribution in [2.45, 2.75) is 51.4 Å². The number of hydrogen-bond donors (Lipinski definition) is 4. The van der Waals surface area contributed by atoms with Crippen molar-refractivity contribution < 1.29 is 19.4 Å². The van der Waals surface area contributed by atoms with E-state index in [1.54, 1.807) is 27.7 Å². The van der Waals surface area contributed by atoms with Gasteiger partial charge in [0, 0.05) is 6.42 Å². The van der Waals surface area contributed by atoms with E-state index >= 15 is 0 Å². The fourth-order valence-electron chi connectivity index (χ4n) is 1.27. The van der Waals surface area contributed by atoms with Gasteiger partial charge in [0.2, 0.25) is 0 Å². The lowest BCUT2D eigenvalue weighted by molar-refractivity contribution is -0.139. The zero-order valence-corrected chi connectivity index (χ0v) is 10.5. The molecular weight excluding hydrogens is 226 g/mol. The van der Waals surface area contributed by atoms with Crippen LogP contribution in [0.4, 0.5) is 4.79 Å². The molecule has 1 saturated heterocycles. The second-order valence-electron chi connectivity index (χ2n) is 5.32. The molecule has 0 aliphatic carbocycles. The van der Waals surface area contributed by atoms with Gasteiger partial charge in [-0.1, -0.05) is 0 Å². The Morgan fingerprint density at radius 3 is 2.29 bits per heavy atom. The fourth-order valence-corrected chi connectivity index (χ4v) is 1.27. The number of hydrazine groups is 1. The van der Waals surface area contributed by atoms with Gasteiger partial charge in [0.25, 0.3) is 0 Å². The van der Waals surface area contributed by atoms with E-state index < -0.39 is 29.4 Å². The minimum Gasteiger partial charge on any atom is -0.480 e. The molecule has 17 heavy (non-hydrogen) atoms. The van der Waals surface area contributed by atoms with Gasteiger partial charge >= 0.3 is 12.1 Å². The van der Waals surface area contributed by atoms with Crippen LogP contribution in [0.15, 0.2) is 0 Å². The summed E-state index contributed by atoms with van der Waals surface area (Å²) in [5.41, 5.74) is 4.55. The Balaban J connectivity index is 2.49. The van der Waals surface area contributed by atoms with Gasteiger partial charge in [-0.15, -0.1) is 0 Å². The predicted octanol–water partition coefficient (Wildman–Crippen LogP) is 0.178. The summed E-state index contributed by atoms with van der Waals surface area (Å²) in [5.74, 6) is -1.09. The van der Waals surface area contributed by atoms with Crippen molar-refractivity contribution in [2.75, 3.05) is 0 Å². The molecule has 1 amide bonds. The molecule has 4 N–H and O–H groups in total. The predicted molar refractivity (Wildman–Crippen MR) is 60.1 cm³/mol. The van der Waals surface area contributed by atoms with E-state index in [1.165, 1.54) is 0 Å². The molecule has 0 bridgehead atoms. The van der Waals surface area contributed by atoms with Gasteiger partial charge in [0.05, 0.1) is 5.66 Å². The second kappa shape index (κ2) is 4.50. The maximum absolute atomic E-state index is 11.4. The number of carboxylic acids is 1. The van der Waals surface area contributed by atoms with Gasteiger partial charge in [-0.05, 0) is 27.7 Å². The SMILES string of the molecule is CC1(C[C@H](NC(=O)OC(C)(C)C)C(=O)O)NN1. The van der Waals surface area contributed by atoms with Crippen molar-refractivity contribution in [3.63, 3.8) is 0 Å². The summed E-state index contributed by atoms with van der Waals surface area (Å²) in [4.78, 5) is 22.4. The molecule has 1 heterocycles. The first kappa shape index (κ1) is 13.7. The number of hydrogen-bond acceptors (Lipinski definition) is 5. The van der Waals surface area contributed by atoms with Crippen molar-refractivity contribution in [3.8, 4) is 0 Å². The molecule has 1 atom stereocenters. The third-order valence-corrected chi connectivity index (χ3v) is 2.15. The zero-order chi connectivity index (χ0) is 13.3. The van der Waals surface area contributed by atoms with Crippen LogP contribution in [-0.2, 0) is 9.53 Å². The summed E-state index contributed by atoms with van der Waals surface area (Å²) in [6, 6.07) is -0.989. The van der Waals surface area contributed by atoms with Crippen LogP contribution >= 0.6 is 0 Å². The highest BCUT2D eigenvalue weighted by Crippen LogP contribution is 2.17. The molecule has 0 aromatic rings. The summed E-state index contributed by atoms with van der Waals surface area (Å²) >= 11 is 0. The van der Waals surface area contributed by atoms with Crippen LogP contribution in [0.1, 0.15) is 34.1 Å². The molecule has 0 aromatic carbocycles. The molecule has 7 nitrogen and oxygen atoms in total. The smallest absolute Gasteiger partial charge is 0.408 e. The number of ether oxygens (including phenoxy) is 1. The Labute approximate surface area is 99.9 Å². The van der Waals surface area contributed by atoms with E-state index in [1.807, 2.05) is 0 Å². The van der Waals surface area contributed by atoms with Crippen LogP contribution < -0.4 is 16.2 Å². The molecule has 1 aliphatic heterocycles. The summed E-state index contributed by atoms with van der Waals surface area (Å²) in [5, 5.41) is 11.3. The molecule has 1 fully saturated rings. The quantitative estimate of drug-likeness (QED) is 0.524. The Hall–Kier alpha value is -1.34. The maximum atomic E-state index is 11.4. The lowest BCUT2D eigenvalue weighted by Gasteiger charge is -2.22. The maximum Gasteiger partial charge on any atom is 0.408 e. The summed E-state index contributed by atoms with van der Waals surface area (Å²) < 4.78 is 5.00. The Bertz CT molecular complexity index is 320. The van der Waals surface area contributed by atoms with Gasteiger partial charge in [0.1, 0.15) is 11.6 Å². The molecule has 98 valence electrons. The standard InChI is InChI=1S/C10H19N3O4/c1-9(2,3)17-8(16)11-6(7(14)15)5-10(4)12-13-10/h6,12-13H,5H2,1-4H3,(H,11,16)(H,14,15)/t6-/m0/s1. The first-order chi connectivity index (χ1) is 7.61. The highest BCUT2D eigenvalue weighted by Gasteiger charge is 2.41. The summed E-state index contributed by atoms with van der Waals surface area (Å²) in [6.07, 6.45) is -0.490. The van der Waals surface area contributed by atoms with Crippen molar-refractivity contribution >= 4 is 12.1 Å². The topological polar surface area (TPSA) is 120 Å². The highest BCUT2D eigenvalue weighted by atomic mass is 16.6. The third-order valence-electron chi connectivity index (χ3n) is 2.15. The Morgan fingerprint density at radius 1 is 1.41 bits per heavy atom. The summed E-state index contributed by atoms with van der Waals surface area (Å²) in [6.45, 7) is 6.95. The first-order valence-electron chi connectivity index (χ1n) is 5.38. The Kier molecular flexibility index (Phi) is 3.63. The van der Waals surface area contributed by atoms with Crippen molar-refractivity contribution in [1.82, 2.24) is 16.2 Å². The van der Waals surface area contributed by atoms with E-state index in [2.05, 4.69) is 16.2 Å². The number of rotatable bonds is 4. The van der Waals surface area contributed by atoms with Crippen LogP contribution in [-0.4, -0.2) is 34.5 Å². The van der Waals surface area contributed by atoms with Gasteiger partial charge in [0.15, 0.2) is 0 Å². The molecule has 0 saturated carbocycles. The molecule has 0 aromatic heterocycles. The van der Waals surface area contributed by atoms with Gasteiger partial charge in [-0.2, -0.15) is 0 Å². The molecule has 0 spiro atoms. The van der Waals surface area contributed by atoms with Crippen molar-refractivity contribution in [3.05, 3.63) is 0 Å². The second-order valence-corrected chi connectivity index (χ2v) is 5.32. The summed E-state index contributed by atoms with van der Waals surface area (Å²) in [7, 11) is 0. The molecular formula is C10H19N3O4. The Morgan fingerprint density at radius 2 is 1.94 bits per heavy atom. The first-order valence-corrected chi connectivity index (χ1v) is 5.38. The number of nitrogens with one attached hydrogen (secondary N) is 3. The highest BCUT2D eigenvalue weighted by molar-refractivity contribution is 5.80. The molecule has 1 rings (SSSR count). The van der Waals surface area contributed by atoms with E-state index in [0.717, 1.165) is 0 Å². The van der Waals surface area contributed by atoms with E-state index in [-0.39, 0.29) is 6.42 Å². The molecule has 1 aliphatic rings. The minimum absolute atomic E-state index is 0.238. The van der Waals surface area contributed by atoms with E-state index in [4.69, 9.17) is 9.84 Å². The van der Waals surface area contributed by atoms with Crippen LogP contribution in [0.25, 0.3) is 0 Å². The van der Waals surface area contributed by atoms with Crippen LogP contribution in [0.5, 0.6) is 0 Å². The van der Waals surface area contributed by atoms with Gasteiger partial charge in [-0.3, -0.25) is 0 Å². The van der Waals surface area contributed by atoms with Crippen LogP contribution in [0, 0.1) is 0 Å². The zero-order valence-electron chi connectivity index (χ0n) is 10.5. The van der Waals surface area contributed by atoms with Gasteiger partial charge < -0.3 is 15.2 Å². The number of carbonyl (C=O) groups is 2. The largest absolute Gasteiger partial charge is 0.480 e. The average molecular weight is 245 g/mol. The van der Waals surface area contributed by atoms with Crippen LogP contribution in [0.2, 0.25) is 0 Å². The minimum atomic E-state index is -1.09. The number of carboxylic acid groups (broad SMARTS) is 1. The third kappa shape index (κ3) is 5.01. The van der Waals surface area contributed by atoms with E-state index in [0.29, 0.717) is 0 Å². The fraction of sp³-hybridized carbons (Fsp3) is 0.800. The lowest BCUT2D eigenvalue weighted by atomic mass is 10.1. The number of amides is 1. The van der Waals surface area contributed by atoms with Gasteiger partial charge in [-0.25, -0.2) is 20.4 Å². The molecule has 0 radical (unpaired) electrons. The number of alkyl carbamates (subject to hydrolysis) is 1. The number of aliphatic carboxylic acids is 1. The number of carbonyl (C=O) groups excluding carboxylic acids is 1. The average Bonchev–Trinajstić information content (AvgIpc) is 2.78. The van der Waals surface area contributed by atoms with Crippen molar-refractivity contribution in [2.24, 2.45) is 0 Å². The van der Waals surface area contributed by atoms with E-state index in [9.17, 15) is 9.59 Å².